The number of benzene rings is 1. The van der Waals surface area contributed by atoms with Crippen LogP contribution in [0.15, 0.2) is 24.3 Å². The van der Waals surface area contributed by atoms with Crippen LogP contribution in [0.2, 0.25) is 3.93 Å². The second kappa shape index (κ2) is 12.3. The molecule has 0 saturated heterocycles. The van der Waals surface area contributed by atoms with Gasteiger partial charge in [-0.1, -0.05) is 0 Å². The molecule has 1 rings (SSSR count). The van der Waals surface area contributed by atoms with Crippen molar-refractivity contribution in [1.29, 1.82) is 0 Å². The molecule has 0 aliphatic rings. The second-order valence-electron chi connectivity index (χ2n) is 4.24. The first-order chi connectivity index (χ1) is 10.1. The number of carbonyl (C=O) groups is 2. The molecule has 0 aliphatic heterocycles. The van der Waals surface area contributed by atoms with Gasteiger partial charge in [-0.25, -0.2) is 0 Å². The van der Waals surface area contributed by atoms with Crippen LogP contribution in [0.3, 0.4) is 0 Å². The molecule has 0 bridgehead atoms. The molecule has 1 unspecified atom stereocenters. The van der Waals surface area contributed by atoms with E-state index >= 15 is 0 Å². The van der Waals surface area contributed by atoms with Crippen molar-refractivity contribution in [3.63, 3.8) is 0 Å². The van der Waals surface area contributed by atoms with Gasteiger partial charge in [0.15, 0.2) is 0 Å². The number of nitrogens with one attached hydrogen (secondary N) is 1. The van der Waals surface area contributed by atoms with E-state index in [9.17, 15) is 14.7 Å². The van der Waals surface area contributed by atoms with Gasteiger partial charge in [-0.05, 0) is 0 Å². The molecule has 0 radical (unpaired) electrons. The van der Waals surface area contributed by atoms with Crippen molar-refractivity contribution in [2.24, 2.45) is 0 Å². The number of rotatable bonds is 9. The maximum absolute atomic E-state index is 12.1. The van der Waals surface area contributed by atoms with Gasteiger partial charge >= 0.3 is 165 Å². The summed E-state index contributed by atoms with van der Waals surface area (Å²) in [4.78, 5) is 22.5. The first-order valence-electron chi connectivity index (χ1n) is 6.42. The number of carbonyl (C=O) groups excluding carboxylic acids is 2. The third-order valence-electron chi connectivity index (χ3n) is 2.75. The molecule has 0 heterocycles. The largest absolute Gasteiger partial charge is 1.00 e. The molecule has 0 fully saturated rings. The van der Waals surface area contributed by atoms with Crippen LogP contribution in [0.5, 0.6) is 5.75 Å². The number of methoxy groups -OCH3 is 1. The van der Waals surface area contributed by atoms with Crippen LogP contribution in [0, 0.1) is 0 Å². The van der Waals surface area contributed by atoms with Crippen molar-refractivity contribution < 1.29 is 81.8 Å². The summed E-state index contributed by atoms with van der Waals surface area (Å²) in [5, 5.41) is 13.1. The SMILES string of the molecule is COC(CNC(=O)c1ccccc1OCC(=O)[O-])[CH2][Hg][OH].[Na+]. The van der Waals surface area contributed by atoms with E-state index < -0.39 is 37.6 Å². The van der Waals surface area contributed by atoms with Gasteiger partial charge in [-0.15, -0.1) is 0 Å². The van der Waals surface area contributed by atoms with E-state index in [2.05, 4.69) is 5.32 Å². The monoisotopic (exact) mass is 507 g/mol. The Hall–Kier alpha value is -0.185. The molecule has 0 aromatic heterocycles. The first kappa shape index (κ1) is 21.8. The number of para-hydroxylation sites is 1. The van der Waals surface area contributed by atoms with Crippen LogP contribution in [-0.4, -0.2) is 41.3 Å². The second-order valence-corrected chi connectivity index (χ2v) is 8.22. The summed E-state index contributed by atoms with van der Waals surface area (Å²) in [6.45, 7) is -0.338. The molecule has 1 amide bonds. The van der Waals surface area contributed by atoms with Crippen LogP contribution in [0.4, 0.5) is 0 Å². The fraction of sp³-hybridized carbons (Fsp3) is 0.385. The van der Waals surface area contributed by atoms with Gasteiger partial charge in [-0.3, -0.25) is 0 Å². The minimum Gasteiger partial charge on any atom is 1.00 e. The van der Waals surface area contributed by atoms with Gasteiger partial charge in [-0.2, -0.15) is 0 Å². The van der Waals surface area contributed by atoms with E-state index in [4.69, 9.17) is 12.5 Å². The van der Waals surface area contributed by atoms with E-state index in [0.717, 1.165) is 0 Å². The Labute approximate surface area is 163 Å². The van der Waals surface area contributed by atoms with E-state index in [1.165, 1.54) is 19.2 Å². The van der Waals surface area contributed by atoms with Gasteiger partial charge in [0.05, 0.1) is 0 Å². The molecule has 1 aromatic rings. The zero-order valence-corrected chi connectivity index (χ0v) is 20.2. The Kier molecular flexibility index (Phi) is 12.2. The number of ether oxygens (including phenoxy) is 2. The summed E-state index contributed by atoms with van der Waals surface area (Å²) in [5.74, 6) is -1.57. The summed E-state index contributed by atoms with van der Waals surface area (Å²) in [6.07, 6.45) is -0.197. The number of hydrogen-bond acceptors (Lipinski definition) is 6. The number of carboxylic acids is 1. The van der Waals surface area contributed by atoms with Crippen molar-refractivity contribution in [2.45, 2.75) is 10.0 Å². The predicted octanol–water partition coefficient (Wildman–Crippen LogP) is -4.03. The standard InChI is InChI=1S/C13H16NO5.Hg.Na.H2O/c1-9(18-2)7-14-13(17)10-5-3-4-6-11(10)19-8-12(15)16;;;/h3-6,9H,1,7-8H2,2H3,(H,14,17)(H,15,16);;;1H2/q;2*+1;/p-2. The summed E-state index contributed by atoms with van der Waals surface area (Å²) in [5.41, 5.74) is 0.238. The number of aliphatic carboxylic acids is 1. The Morgan fingerprint density at radius 2 is 2.09 bits per heavy atom. The number of hydrogen-bond donors (Lipinski definition) is 2. The average molecular weight is 506 g/mol. The number of carboxylic acid groups (broad SMARTS) is 1. The molecule has 112 valence electrons. The van der Waals surface area contributed by atoms with Crippen molar-refractivity contribution in [3.8, 4) is 5.75 Å². The van der Waals surface area contributed by atoms with E-state index in [1.807, 2.05) is 0 Å². The topological polar surface area (TPSA) is 108 Å². The Balaban J connectivity index is 0.00000441. The van der Waals surface area contributed by atoms with Crippen LogP contribution < -0.4 is 44.7 Å². The summed E-state index contributed by atoms with van der Waals surface area (Å²) in [6, 6.07) is 6.34. The molecule has 0 spiro atoms. The zero-order valence-electron chi connectivity index (χ0n) is 12.7. The summed E-state index contributed by atoms with van der Waals surface area (Å²) >= 11 is -1.82. The molecule has 22 heavy (non-hydrogen) atoms. The molecule has 7 nitrogen and oxygen atoms in total. The fourth-order valence-corrected chi connectivity index (χ4v) is 4.50. The normalized spacial score (nSPS) is 10.8. The third-order valence-corrected chi connectivity index (χ3v) is 6.26. The quantitative estimate of drug-likeness (QED) is 0.331. The van der Waals surface area contributed by atoms with Gasteiger partial charge in [0.2, 0.25) is 0 Å². The molecular weight excluding hydrogens is 490 g/mol. The van der Waals surface area contributed by atoms with Crippen molar-refractivity contribution in [1.82, 2.24) is 5.32 Å². The molecule has 1 aromatic carbocycles. The molecule has 0 aliphatic carbocycles. The summed E-state index contributed by atoms with van der Waals surface area (Å²) < 4.78 is 19.9. The van der Waals surface area contributed by atoms with Crippen LogP contribution in [-0.2, 0) is 34.6 Å². The Bertz CT molecular complexity index is 487. The minimum absolute atomic E-state index is 0. The van der Waals surface area contributed by atoms with Gasteiger partial charge < -0.3 is 0 Å². The molecule has 0 saturated carbocycles. The molecule has 9 heteroatoms. The van der Waals surface area contributed by atoms with Crippen LogP contribution >= 0.6 is 0 Å². The van der Waals surface area contributed by atoms with Crippen molar-refractivity contribution in [3.05, 3.63) is 29.8 Å². The van der Waals surface area contributed by atoms with E-state index in [0.29, 0.717) is 3.93 Å². The predicted molar refractivity (Wildman–Crippen MR) is 67.1 cm³/mol. The molecular formula is C13H16HgNNaO6. The van der Waals surface area contributed by atoms with Gasteiger partial charge in [0, 0.05) is 0 Å². The van der Waals surface area contributed by atoms with Gasteiger partial charge in [0.1, 0.15) is 0 Å². The summed E-state index contributed by atoms with van der Waals surface area (Å²) in [7, 11) is 1.53. The van der Waals surface area contributed by atoms with Crippen molar-refractivity contribution >= 4 is 11.9 Å². The van der Waals surface area contributed by atoms with E-state index in [1.54, 1.807) is 12.1 Å². The van der Waals surface area contributed by atoms with Crippen LogP contribution in [0.1, 0.15) is 10.4 Å². The zero-order chi connectivity index (χ0) is 15.7. The first-order valence-corrected chi connectivity index (χ1v) is 12.8. The maximum Gasteiger partial charge on any atom is 1.00 e. The van der Waals surface area contributed by atoms with Gasteiger partial charge in [0.25, 0.3) is 0 Å². The smallest absolute Gasteiger partial charge is 1.00 e. The van der Waals surface area contributed by atoms with Crippen molar-refractivity contribution in [2.75, 3.05) is 20.3 Å². The number of amides is 1. The Morgan fingerprint density at radius 3 is 2.68 bits per heavy atom. The Morgan fingerprint density at radius 1 is 1.41 bits per heavy atom. The fourth-order valence-electron chi connectivity index (χ4n) is 1.67. The molecule has 2 N–H and O–H groups in total. The average Bonchev–Trinajstić information content (AvgIpc) is 2.49. The third kappa shape index (κ3) is 7.89. The maximum atomic E-state index is 12.1. The van der Waals surface area contributed by atoms with E-state index in [-0.39, 0.29) is 59.4 Å². The van der Waals surface area contributed by atoms with Crippen LogP contribution in [0.25, 0.3) is 0 Å². The molecule has 1 atom stereocenters. The minimum atomic E-state index is -1.82.